The van der Waals surface area contributed by atoms with E-state index in [4.69, 9.17) is 4.74 Å². The van der Waals surface area contributed by atoms with Crippen molar-refractivity contribution in [3.8, 4) is 0 Å². The van der Waals surface area contributed by atoms with Gasteiger partial charge in [-0.25, -0.2) is 21.6 Å². The molecule has 0 radical (unpaired) electrons. The van der Waals surface area contributed by atoms with Crippen LogP contribution in [0.5, 0.6) is 0 Å². The summed E-state index contributed by atoms with van der Waals surface area (Å²) in [7, 11) is -4.38. The van der Waals surface area contributed by atoms with Crippen molar-refractivity contribution in [2.45, 2.75) is 23.2 Å². The molecule has 2 aromatic rings. The second kappa shape index (κ2) is 8.84. The van der Waals surface area contributed by atoms with E-state index in [1.807, 2.05) is 30.3 Å². The third kappa shape index (κ3) is 3.91. The molecule has 0 atom stereocenters. The summed E-state index contributed by atoms with van der Waals surface area (Å²) in [6, 6.07) is 10.8. The highest BCUT2D eigenvalue weighted by atomic mass is 32.2. The average Bonchev–Trinajstić information content (AvgIpc) is 2.83. The number of piperazine rings is 1. The number of ether oxygens (including phenoxy) is 1. The maximum atomic E-state index is 14.1. The Kier molecular flexibility index (Phi) is 6.28. The van der Waals surface area contributed by atoms with Crippen LogP contribution in [0.2, 0.25) is 0 Å². The number of carbonyl (C=O) groups is 1. The van der Waals surface area contributed by atoms with Crippen molar-refractivity contribution < 1.29 is 31.1 Å². The summed E-state index contributed by atoms with van der Waals surface area (Å²) in [5.41, 5.74) is 0.152. The number of hydrogen-bond acceptors (Lipinski definition) is 4. The van der Waals surface area contributed by atoms with Crippen LogP contribution in [0, 0.1) is 17.5 Å². The normalized spacial score (nSPS) is 19.7. The van der Waals surface area contributed by atoms with Gasteiger partial charge in [0.05, 0.1) is 5.41 Å². The van der Waals surface area contributed by atoms with Crippen molar-refractivity contribution in [2.24, 2.45) is 0 Å². The van der Waals surface area contributed by atoms with Crippen molar-refractivity contribution in [3.05, 3.63) is 65.5 Å². The minimum Gasteiger partial charge on any atom is -0.381 e. The molecule has 172 valence electrons. The summed E-state index contributed by atoms with van der Waals surface area (Å²) >= 11 is 0. The molecule has 0 unspecified atom stereocenters. The Balaban J connectivity index is 1.53. The van der Waals surface area contributed by atoms with Gasteiger partial charge in [-0.15, -0.1) is 0 Å². The van der Waals surface area contributed by atoms with Crippen LogP contribution in [0.25, 0.3) is 0 Å². The zero-order valence-electron chi connectivity index (χ0n) is 17.3. The van der Waals surface area contributed by atoms with E-state index in [9.17, 15) is 26.4 Å². The van der Waals surface area contributed by atoms with Gasteiger partial charge in [0.15, 0.2) is 17.5 Å². The summed E-state index contributed by atoms with van der Waals surface area (Å²) in [5.74, 6) is -5.12. The fraction of sp³-hybridized carbons (Fsp3) is 0.409. The van der Waals surface area contributed by atoms with Crippen molar-refractivity contribution in [2.75, 3.05) is 39.4 Å². The molecule has 4 rings (SSSR count). The fourth-order valence-corrected chi connectivity index (χ4v) is 5.86. The monoisotopic (exact) mass is 468 g/mol. The lowest BCUT2D eigenvalue weighted by Gasteiger charge is -2.42. The molecule has 0 spiro atoms. The van der Waals surface area contributed by atoms with Gasteiger partial charge in [-0.1, -0.05) is 30.3 Å². The standard InChI is InChI=1S/C22H23F3N2O4S/c23-17-6-7-18(20(25)19(17)24)32(29,30)27-12-10-26(11-13-27)21(28)22(8-14-31-15-9-22)16-4-2-1-3-5-16/h1-7H,8-15H2. The molecular formula is C22H23F3N2O4S. The minimum absolute atomic E-state index is 0.0755. The molecule has 2 fully saturated rings. The number of halogens is 3. The molecule has 0 bridgehead atoms. The van der Waals surface area contributed by atoms with Gasteiger partial charge in [0.1, 0.15) is 4.90 Å². The first-order valence-electron chi connectivity index (χ1n) is 10.3. The Morgan fingerprint density at radius 2 is 1.50 bits per heavy atom. The number of carbonyl (C=O) groups excluding carboxylic acids is 1. The van der Waals surface area contributed by atoms with Crippen LogP contribution in [0.1, 0.15) is 18.4 Å². The Bertz CT molecular complexity index is 1100. The second-order valence-corrected chi connectivity index (χ2v) is 9.84. The molecular weight excluding hydrogens is 445 g/mol. The van der Waals surface area contributed by atoms with E-state index in [1.54, 1.807) is 4.90 Å². The maximum Gasteiger partial charge on any atom is 0.246 e. The zero-order valence-corrected chi connectivity index (χ0v) is 18.1. The summed E-state index contributed by atoms with van der Waals surface area (Å²) in [4.78, 5) is 14.3. The molecule has 10 heteroatoms. The van der Waals surface area contributed by atoms with E-state index in [0.717, 1.165) is 9.87 Å². The summed E-state index contributed by atoms with van der Waals surface area (Å²) in [6.07, 6.45) is 1.04. The summed E-state index contributed by atoms with van der Waals surface area (Å²) < 4.78 is 73.0. The van der Waals surface area contributed by atoms with E-state index < -0.39 is 37.8 Å². The van der Waals surface area contributed by atoms with E-state index in [2.05, 4.69) is 0 Å². The zero-order chi connectivity index (χ0) is 22.9. The Morgan fingerprint density at radius 3 is 2.12 bits per heavy atom. The topological polar surface area (TPSA) is 66.9 Å². The highest BCUT2D eigenvalue weighted by molar-refractivity contribution is 7.89. The lowest BCUT2D eigenvalue weighted by atomic mass is 9.73. The Labute approximate surface area is 184 Å². The van der Waals surface area contributed by atoms with Crippen molar-refractivity contribution in [1.29, 1.82) is 0 Å². The first-order chi connectivity index (χ1) is 15.3. The van der Waals surface area contributed by atoms with Gasteiger partial charge in [-0.2, -0.15) is 4.31 Å². The average molecular weight is 468 g/mol. The molecule has 2 saturated heterocycles. The molecule has 6 nitrogen and oxygen atoms in total. The van der Waals surface area contributed by atoms with Crippen molar-refractivity contribution >= 4 is 15.9 Å². The minimum atomic E-state index is -4.38. The van der Waals surface area contributed by atoms with E-state index in [0.29, 0.717) is 38.2 Å². The van der Waals surface area contributed by atoms with E-state index in [1.165, 1.54) is 0 Å². The van der Waals surface area contributed by atoms with Gasteiger partial charge in [0, 0.05) is 39.4 Å². The number of sulfonamides is 1. The molecule has 2 aliphatic heterocycles. The quantitative estimate of drug-likeness (QED) is 0.648. The van der Waals surface area contributed by atoms with Crippen LogP contribution >= 0.6 is 0 Å². The number of hydrogen-bond donors (Lipinski definition) is 0. The first kappa shape index (κ1) is 22.8. The first-order valence-corrected chi connectivity index (χ1v) is 11.8. The third-order valence-electron chi connectivity index (χ3n) is 6.23. The van der Waals surface area contributed by atoms with E-state index >= 15 is 0 Å². The van der Waals surface area contributed by atoms with Gasteiger partial charge in [0.25, 0.3) is 0 Å². The second-order valence-electron chi connectivity index (χ2n) is 7.93. The van der Waals surface area contributed by atoms with Gasteiger partial charge in [-0.05, 0) is 30.5 Å². The fourth-order valence-electron chi connectivity index (χ4n) is 4.38. The summed E-state index contributed by atoms with van der Waals surface area (Å²) in [5, 5.41) is 0. The molecule has 32 heavy (non-hydrogen) atoms. The van der Waals surface area contributed by atoms with Gasteiger partial charge < -0.3 is 9.64 Å². The number of rotatable bonds is 4. The number of benzene rings is 2. The molecule has 1 amide bonds. The molecule has 0 aliphatic carbocycles. The van der Waals surface area contributed by atoms with Crippen LogP contribution < -0.4 is 0 Å². The molecule has 0 aromatic heterocycles. The van der Waals surface area contributed by atoms with Crippen LogP contribution in [-0.4, -0.2) is 62.9 Å². The van der Waals surface area contributed by atoms with Crippen LogP contribution in [0.4, 0.5) is 13.2 Å². The van der Waals surface area contributed by atoms with Gasteiger partial charge in [0.2, 0.25) is 15.9 Å². The van der Waals surface area contributed by atoms with Crippen LogP contribution in [-0.2, 0) is 25.0 Å². The maximum absolute atomic E-state index is 14.1. The summed E-state index contributed by atoms with van der Waals surface area (Å²) in [6.45, 7) is 0.966. The Hall–Kier alpha value is -2.43. The molecule has 2 aliphatic rings. The Morgan fingerprint density at radius 1 is 0.875 bits per heavy atom. The third-order valence-corrected chi connectivity index (χ3v) is 8.14. The van der Waals surface area contributed by atoms with Gasteiger partial charge >= 0.3 is 0 Å². The lowest BCUT2D eigenvalue weighted by molar-refractivity contribution is -0.142. The highest BCUT2D eigenvalue weighted by Crippen LogP contribution is 2.37. The predicted octanol–water partition coefficient (Wildman–Crippen LogP) is 2.69. The van der Waals surface area contributed by atoms with Gasteiger partial charge in [-0.3, -0.25) is 4.79 Å². The smallest absolute Gasteiger partial charge is 0.246 e. The van der Waals surface area contributed by atoms with Crippen LogP contribution in [0.15, 0.2) is 47.4 Å². The lowest BCUT2D eigenvalue weighted by Crippen LogP contribution is -2.56. The predicted molar refractivity (Wildman–Crippen MR) is 110 cm³/mol. The van der Waals surface area contributed by atoms with Crippen molar-refractivity contribution in [1.82, 2.24) is 9.21 Å². The van der Waals surface area contributed by atoms with E-state index in [-0.39, 0.29) is 32.1 Å². The molecule has 2 aromatic carbocycles. The number of nitrogens with zero attached hydrogens (tertiary/aromatic N) is 2. The molecule has 2 heterocycles. The largest absolute Gasteiger partial charge is 0.381 e. The SMILES string of the molecule is O=C(N1CCN(S(=O)(=O)c2ccc(F)c(F)c2F)CC1)C1(c2ccccc2)CCOCC1. The molecule has 0 saturated carbocycles. The highest BCUT2D eigenvalue weighted by Gasteiger charge is 2.45. The van der Waals surface area contributed by atoms with Crippen molar-refractivity contribution in [3.63, 3.8) is 0 Å². The van der Waals surface area contributed by atoms with Crippen LogP contribution in [0.3, 0.4) is 0 Å². The number of amides is 1. The molecule has 0 N–H and O–H groups in total.